The Balaban J connectivity index is 1.63. The quantitative estimate of drug-likeness (QED) is 0.432. The minimum Gasteiger partial charge on any atom is -0.493 e. The molecule has 7 nitrogen and oxygen atoms in total. The van der Waals surface area contributed by atoms with Crippen LogP contribution in [0.15, 0.2) is 59.0 Å². The van der Waals surface area contributed by atoms with Crippen LogP contribution in [0.25, 0.3) is 22.6 Å². The number of aromatic nitrogens is 1. The Morgan fingerprint density at radius 3 is 2.32 bits per heavy atom. The first kappa shape index (κ1) is 20.6. The number of amides is 1. The Bertz CT molecular complexity index is 1240. The predicted octanol–water partition coefficient (Wildman–Crippen LogP) is 5.43. The van der Waals surface area contributed by atoms with Gasteiger partial charge in [-0.3, -0.25) is 4.79 Å². The van der Waals surface area contributed by atoms with Gasteiger partial charge in [0.1, 0.15) is 5.52 Å². The van der Waals surface area contributed by atoms with E-state index in [2.05, 4.69) is 10.3 Å². The fraction of sp³-hybridized carbons (Fsp3) is 0.130. The summed E-state index contributed by atoms with van der Waals surface area (Å²) in [6.45, 7) is 0. The maximum atomic E-state index is 12.8. The number of hydrogen-bond acceptors (Lipinski definition) is 6. The molecule has 0 aliphatic carbocycles. The Kier molecular flexibility index (Phi) is 5.68. The summed E-state index contributed by atoms with van der Waals surface area (Å²) in [5.74, 6) is 1.26. The van der Waals surface area contributed by atoms with Gasteiger partial charge in [-0.05, 0) is 36.4 Å². The van der Waals surface area contributed by atoms with Gasteiger partial charge in [0.05, 0.1) is 31.9 Å². The van der Waals surface area contributed by atoms with Gasteiger partial charge in [0.25, 0.3) is 5.91 Å². The molecular weight excluding hydrogens is 420 g/mol. The molecule has 0 aliphatic heterocycles. The summed E-state index contributed by atoms with van der Waals surface area (Å²) in [7, 11) is 4.49. The molecule has 0 saturated carbocycles. The first-order valence-corrected chi connectivity index (χ1v) is 9.68. The fourth-order valence-corrected chi connectivity index (χ4v) is 3.38. The van der Waals surface area contributed by atoms with Gasteiger partial charge in [0.15, 0.2) is 17.1 Å². The zero-order valence-electron chi connectivity index (χ0n) is 17.1. The maximum Gasteiger partial charge on any atom is 0.255 e. The number of benzene rings is 3. The third kappa shape index (κ3) is 4.00. The van der Waals surface area contributed by atoms with Crippen LogP contribution >= 0.6 is 11.6 Å². The summed E-state index contributed by atoms with van der Waals surface area (Å²) >= 11 is 6.24. The largest absolute Gasteiger partial charge is 0.493 e. The second kappa shape index (κ2) is 8.57. The molecule has 0 unspecified atom stereocenters. The van der Waals surface area contributed by atoms with Crippen molar-refractivity contribution < 1.29 is 23.4 Å². The number of carbonyl (C=O) groups is 1. The number of carbonyl (C=O) groups excluding carboxylic acids is 1. The lowest BCUT2D eigenvalue weighted by atomic mass is 10.1. The van der Waals surface area contributed by atoms with E-state index in [0.717, 1.165) is 0 Å². The molecule has 0 fully saturated rings. The SMILES string of the molecule is COc1cc(C(=O)Nc2ccc3nc(-c4ccccc4Cl)oc3c2)cc(OC)c1OC. The average molecular weight is 439 g/mol. The second-order valence-corrected chi connectivity index (χ2v) is 6.96. The smallest absolute Gasteiger partial charge is 0.255 e. The van der Waals surface area contributed by atoms with Crippen LogP contribution in [0, 0.1) is 0 Å². The van der Waals surface area contributed by atoms with Crippen LogP contribution < -0.4 is 19.5 Å². The number of anilines is 1. The van der Waals surface area contributed by atoms with Crippen molar-refractivity contribution in [3.05, 3.63) is 65.2 Å². The van der Waals surface area contributed by atoms with E-state index in [1.165, 1.54) is 21.3 Å². The molecule has 31 heavy (non-hydrogen) atoms. The molecule has 1 heterocycles. The highest BCUT2D eigenvalue weighted by Crippen LogP contribution is 2.38. The Morgan fingerprint density at radius 2 is 1.68 bits per heavy atom. The number of oxazole rings is 1. The number of halogens is 1. The number of nitrogens with zero attached hydrogens (tertiary/aromatic N) is 1. The van der Waals surface area contributed by atoms with Crippen molar-refractivity contribution in [3.8, 4) is 28.7 Å². The Hall–Kier alpha value is -3.71. The lowest BCUT2D eigenvalue weighted by Gasteiger charge is -2.14. The molecule has 0 radical (unpaired) electrons. The zero-order valence-corrected chi connectivity index (χ0v) is 17.8. The van der Waals surface area contributed by atoms with Gasteiger partial charge in [-0.25, -0.2) is 4.98 Å². The fourth-order valence-electron chi connectivity index (χ4n) is 3.17. The molecular formula is C23H19ClN2O5. The highest BCUT2D eigenvalue weighted by atomic mass is 35.5. The van der Waals surface area contributed by atoms with Crippen LogP contribution in [0.2, 0.25) is 5.02 Å². The van der Waals surface area contributed by atoms with Crippen molar-refractivity contribution in [1.29, 1.82) is 0 Å². The summed E-state index contributed by atoms with van der Waals surface area (Å²) in [4.78, 5) is 17.3. The number of nitrogens with one attached hydrogen (secondary N) is 1. The van der Waals surface area contributed by atoms with Gasteiger partial charge >= 0.3 is 0 Å². The van der Waals surface area contributed by atoms with E-state index < -0.39 is 0 Å². The lowest BCUT2D eigenvalue weighted by Crippen LogP contribution is -2.12. The molecule has 1 aromatic heterocycles. The van der Waals surface area contributed by atoms with Crippen LogP contribution in [0.4, 0.5) is 5.69 Å². The van der Waals surface area contributed by atoms with Crippen LogP contribution in [0.1, 0.15) is 10.4 Å². The standard InChI is InChI=1S/C23H19ClN2O5/c1-28-19-10-13(11-20(29-2)21(19)30-3)22(27)25-14-8-9-17-18(12-14)31-23(26-17)15-6-4-5-7-16(15)24/h4-12H,1-3H3,(H,25,27). The van der Waals surface area contributed by atoms with Crippen LogP contribution in [0.5, 0.6) is 17.2 Å². The predicted molar refractivity (Wildman–Crippen MR) is 119 cm³/mol. The number of ether oxygens (including phenoxy) is 3. The molecule has 1 amide bonds. The first-order chi connectivity index (χ1) is 15.0. The third-order valence-corrected chi connectivity index (χ3v) is 5.01. The van der Waals surface area contributed by atoms with Gasteiger partial charge in [0, 0.05) is 17.3 Å². The average Bonchev–Trinajstić information content (AvgIpc) is 3.21. The molecule has 158 valence electrons. The molecule has 0 spiro atoms. The van der Waals surface area contributed by atoms with E-state index in [4.69, 9.17) is 30.2 Å². The van der Waals surface area contributed by atoms with Gasteiger partial charge in [-0.2, -0.15) is 0 Å². The summed E-state index contributed by atoms with van der Waals surface area (Å²) in [6, 6.07) is 15.7. The van der Waals surface area contributed by atoms with Crippen molar-refractivity contribution in [2.75, 3.05) is 26.6 Å². The van der Waals surface area contributed by atoms with E-state index in [1.807, 2.05) is 18.2 Å². The van der Waals surface area contributed by atoms with Crippen molar-refractivity contribution in [1.82, 2.24) is 4.98 Å². The molecule has 0 bridgehead atoms. The normalized spacial score (nSPS) is 10.7. The van der Waals surface area contributed by atoms with Crippen LogP contribution in [-0.4, -0.2) is 32.2 Å². The third-order valence-electron chi connectivity index (χ3n) is 4.68. The van der Waals surface area contributed by atoms with Crippen molar-refractivity contribution in [2.24, 2.45) is 0 Å². The molecule has 0 atom stereocenters. The van der Waals surface area contributed by atoms with Gasteiger partial charge < -0.3 is 23.9 Å². The number of methoxy groups -OCH3 is 3. The number of rotatable bonds is 6. The summed E-state index contributed by atoms with van der Waals surface area (Å²) in [5.41, 5.74) is 2.78. The summed E-state index contributed by atoms with van der Waals surface area (Å²) in [6.07, 6.45) is 0. The Labute approximate surface area is 183 Å². The van der Waals surface area contributed by atoms with E-state index in [0.29, 0.717) is 56.1 Å². The number of hydrogen-bond donors (Lipinski definition) is 1. The van der Waals surface area contributed by atoms with Crippen molar-refractivity contribution in [3.63, 3.8) is 0 Å². The topological polar surface area (TPSA) is 82.8 Å². The lowest BCUT2D eigenvalue weighted by molar-refractivity contribution is 0.102. The highest BCUT2D eigenvalue weighted by molar-refractivity contribution is 6.33. The molecule has 0 aliphatic rings. The summed E-state index contributed by atoms with van der Waals surface area (Å²) < 4.78 is 21.8. The molecule has 8 heteroatoms. The monoisotopic (exact) mass is 438 g/mol. The molecule has 3 aromatic carbocycles. The molecule has 1 N–H and O–H groups in total. The minimum atomic E-state index is -0.343. The minimum absolute atomic E-state index is 0.343. The van der Waals surface area contributed by atoms with Gasteiger partial charge in [0.2, 0.25) is 11.6 Å². The van der Waals surface area contributed by atoms with E-state index in [1.54, 1.807) is 36.4 Å². The maximum absolute atomic E-state index is 12.8. The van der Waals surface area contributed by atoms with Gasteiger partial charge in [-0.1, -0.05) is 23.7 Å². The zero-order chi connectivity index (χ0) is 22.0. The summed E-state index contributed by atoms with van der Waals surface area (Å²) in [5, 5.41) is 3.39. The van der Waals surface area contributed by atoms with Gasteiger partial charge in [-0.15, -0.1) is 0 Å². The number of fused-ring (bicyclic) bond motifs is 1. The molecule has 4 aromatic rings. The van der Waals surface area contributed by atoms with E-state index >= 15 is 0 Å². The van der Waals surface area contributed by atoms with E-state index in [-0.39, 0.29) is 5.91 Å². The Morgan fingerprint density at radius 1 is 0.968 bits per heavy atom. The molecule has 0 saturated heterocycles. The van der Waals surface area contributed by atoms with Crippen molar-refractivity contribution in [2.45, 2.75) is 0 Å². The van der Waals surface area contributed by atoms with E-state index in [9.17, 15) is 4.79 Å². The van der Waals surface area contributed by atoms with Crippen LogP contribution in [-0.2, 0) is 0 Å². The first-order valence-electron chi connectivity index (χ1n) is 9.31. The second-order valence-electron chi connectivity index (χ2n) is 6.55. The van der Waals surface area contributed by atoms with Crippen LogP contribution in [0.3, 0.4) is 0 Å². The highest BCUT2D eigenvalue weighted by Gasteiger charge is 2.18. The molecule has 4 rings (SSSR count). The van der Waals surface area contributed by atoms with Crippen molar-refractivity contribution >= 4 is 34.3 Å².